The van der Waals surface area contributed by atoms with Crippen molar-refractivity contribution in [1.82, 2.24) is 5.32 Å². The summed E-state index contributed by atoms with van der Waals surface area (Å²) in [5, 5.41) is 12.2. The highest BCUT2D eigenvalue weighted by Gasteiger charge is 2.13. The van der Waals surface area contributed by atoms with E-state index in [0.717, 1.165) is 25.4 Å². The molecule has 1 unspecified atom stereocenters. The van der Waals surface area contributed by atoms with Crippen molar-refractivity contribution in [1.29, 1.82) is 5.26 Å². The van der Waals surface area contributed by atoms with Gasteiger partial charge in [-0.1, -0.05) is 26.2 Å². The zero-order valence-corrected chi connectivity index (χ0v) is 9.26. The molecule has 1 saturated carbocycles. The SMILES string of the molecule is CCC(C#N)CNCC1CCCCC1. The molecule has 0 amide bonds. The van der Waals surface area contributed by atoms with Crippen LogP contribution in [0.15, 0.2) is 0 Å². The van der Waals surface area contributed by atoms with Crippen LogP contribution in [0.2, 0.25) is 0 Å². The summed E-state index contributed by atoms with van der Waals surface area (Å²) >= 11 is 0. The molecule has 1 aliphatic rings. The Labute approximate surface area is 87.7 Å². The van der Waals surface area contributed by atoms with Crippen molar-refractivity contribution < 1.29 is 0 Å². The van der Waals surface area contributed by atoms with Crippen molar-refractivity contribution in [2.75, 3.05) is 13.1 Å². The zero-order valence-electron chi connectivity index (χ0n) is 9.26. The highest BCUT2D eigenvalue weighted by atomic mass is 14.9. The molecule has 0 spiro atoms. The minimum absolute atomic E-state index is 0.207. The third-order valence-electron chi connectivity index (χ3n) is 3.22. The molecule has 0 saturated heterocycles. The number of rotatable bonds is 5. The largest absolute Gasteiger partial charge is 0.315 e. The van der Waals surface area contributed by atoms with E-state index >= 15 is 0 Å². The van der Waals surface area contributed by atoms with E-state index in [-0.39, 0.29) is 5.92 Å². The summed E-state index contributed by atoms with van der Waals surface area (Å²) in [6.07, 6.45) is 7.97. The fourth-order valence-corrected chi connectivity index (χ4v) is 2.13. The molecule has 2 heteroatoms. The Morgan fingerprint density at radius 1 is 1.36 bits per heavy atom. The van der Waals surface area contributed by atoms with Gasteiger partial charge in [-0.25, -0.2) is 0 Å². The van der Waals surface area contributed by atoms with E-state index in [9.17, 15) is 0 Å². The van der Waals surface area contributed by atoms with Gasteiger partial charge in [0.05, 0.1) is 12.0 Å². The maximum absolute atomic E-state index is 8.77. The molecule has 1 rings (SSSR count). The Kier molecular flexibility index (Phi) is 5.63. The summed E-state index contributed by atoms with van der Waals surface area (Å²) in [5.74, 6) is 1.08. The summed E-state index contributed by atoms with van der Waals surface area (Å²) in [6.45, 7) is 4.08. The van der Waals surface area contributed by atoms with E-state index in [1.54, 1.807) is 0 Å². The minimum atomic E-state index is 0.207. The summed E-state index contributed by atoms with van der Waals surface area (Å²) in [4.78, 5) is 0. The van der Waals surface area contributed by atoms with Gasteiger partial charge in [-0.15, -0.1) is 0 Å². The van der Waals surface area contributed by atoms with E-state index < -0.39 is 0 Å². The first-order valence-electron chi connectivity index (χ1n) is 5.97. The third kappa shape index (κ3) is 4.11. The molecule has 2 nitrogen and oxygen atoms in total. The van der Waals surface area contributed by atoms with Crippen LogP contribution in [0, 0.1) is 23.2 Å². The molecule has 0 heterocycles. The lowest BCUT2D eigenvalue weighted by Crippen LogP contribution is -2.28. The fourth-order valence-electron chi connectivity index (χ4n) is 2.13. The maximum atomic E-state index is 8.77. The summed E-state index contributed by atoms with van der Waals surface area (Å²) < 4.78 is 0. The van der Waals surface area contributed by atoms with E-state index in [1.165, 1.54) is 32.1 Å². The van der Waals surface area contributed by atoms with Crippen LogP contribution in [0.3, 0.4) is 0 Å². The van der Waals surface area contributed by atoms with E-state index in [1.807, 2.05) is 0 Å². The topological polar surface area (TPSA) is 35.8 Å². The smallest absolute Gasteiger partial charge is 0.0669 e. The van der Waals surface area contributed by atoms with Crippen LogP contribution in [0.5, 0.6) is 0 Å². The van der Waals surface area contributed by atoms with E-state index in [4.69, 9.17) is 5.26 Å². The van der Waals surface area contributed by atoms with Gasteiger partial charge in [0.2, 0.25) is 0 Å². The first-order chi connectivity index (χ1) is 6.86. The van der Waals surface area contributed by atoms with Gasteiger partial charge in [-0.2, -0.15) is 5.26 Å². The van der Waals surface area contributed by atoms with Gasteiger partial charge < -0.3 is 5.32 Å². The van der Waals surface area contributed by atoms with Gasteiger partial charge in [0.1, 0.15) is 0 Å². The Morgan fingerprint density at radius 3 is 2.64 bits per heavy atom. The van der Waals surface area contributed by atoms with Crippen LogP contribution >= 0.6 is 0 Å². The van der Waals surface area contributed by atoms with Crippen LogP contribution in [0.4, 0.5) is 0 Å². The Bertz CT molecular complexity index is 177. The Morgan fingerprint density at radius 2 is 2.07 bits per heavy atom. The van der Waals surface area contributed by atoms with Crippen molar-refractivity contribution in [3.8, 4) is 6.07 Å². The molecule has 80 valence electrons. The first kappa shape index (κ1) is 11.5. The average molecular weight is 194 g/mol. The standard InChI is InChI=1S/C12H22N2/c1-2-11(8-13)9-14-10-12-6-4-3-5-7-12/h11-12,14H,2-7,9-10H2,1H3. The summed E-state index contributed by atoms with van der Waals surface area (Å²) in [7, 11) is 0. The van der Waals surface area contributed by atoms with Crippen LogP contribution < -0.4 is 5.32 Å². The summed E-state index contributed by atoms with van der Waals surface area (Å²) in [6, 6.07) is 2.33. The van der Waals surface area contributed by atoms with E-state index in [0.29, 0.717) is 0 Å². The molecule has 0 radical (unpaired) electrons. The minimum Gasteiger partial charge on any atom is -0.315 e. The highest BCUT2D eigenvalue weighted by molar-refractivity contribution is 4.83. The number of hydrogen-bond acceptors (Lipinski definition) is 2. The second kappa shape index (κ2) is 6.84. The number of nitriles is 1. The molecular weight excluding hydrogens is 172 g/mol. The Hall–Kier alpha value is -0.550. The molecule has 1 atom stereocenters. The van der Waals surface area contributed by atoms with Crippen LogP contribution in [0.25, 0.3) is 0 Å². The van der Waals surface area contributed by atoms with E-state index in [2.05, 4.69) is 18.3 Å². The van der Waals surface area contributed by atoms with Crippen molar-refractivity contribution in [2.24, 2.45) is 11.8 Å². The number of nitrogens with one attached hydrogen (secondary N) is 1. The molecule has 1 N–H and O–H groups in total. The maximum Gasteiger partial charge on any atom is 0.0669 e. The lowest BCUT2D eigenvalue weighted by atomic mass is 9.89. The van der Waals surface area contributed by atoms with Gasteiger partial charge in [0.25, 0.3) is 0 Å². The molecule has 0 bridgehead atoms. The molecular formula is C12H22N2. The predicted octanol–water partition coefficient (Wildman–Crippen LogP) is 2.71. The first-order valence-corrected chi connectivity index (χ1v) is 5.97. The molecule has 0 aromatic rings. The van der Waals surface area contributed by atoms with Gasteiger partial charge in [-0.05, 0) is 31.7 Å². The molecule has 14 heavy (non-hydrogen) atoms. The van der Waals surface area contributed by atoms with Gasteiger partial charge in [-0.3, -0.25) is 0 Å². The quantitative estimate of drug-likeness (QED) is 0.730. The molecule has 1 fully saturated rings. The lowest BCUT2D eigenvalue weighted by Gasteiger charge is -2.22. The second-order valence-electron chi connectivity index (χ2n) is 4.40. The van der Waals surface area contributed by atoms with Crippen molar-refractivity contribution in [3.05, 3.63) is 0 Å². The molecule has 0 aromatic carbocycles. The molecule has 0 aromatic heterocycles. The third-order valence-corrected chi connectivity index (χ3v) is 3.22. The predicted molar refractivity (Wildman–Crippen MR) is 58.8 cm³/mol. The highest BCUT2D eigenvalue weighted by Crippen LogP contribution is 2.22. The zero-order chi connectivity index (χ0) is 10.2. The molecule has 1 aliphatic carbocycles. The number of nitrogens with zero attached hydrogens (tertiary/aromatic N) is 1. The Balaban J connectivity index is 2.05. The van der Waals surface area contributed by atoms with Gasteiger partial charge in [0, 0.05) is 6.54 Å². The number of hydrogen-bond donors (Lipinski definition) is 1. The monoisotopic (exact) mass is 194 g/mol. The van der Waals surface area contributed by atoms with Crippen molar-refractivity contribution in [2.45, 2.75) is 45.4 Å². The van der Waals surface area contributed by atoms with Crippen LogP contribution in [-0.4, -0.2) is 13.1 Å². The summed E-state index contributed by atoms with van der Waals surface area (Å²) in [5.41, 5.74) is 0. The lowest BCUT2D eigenvalue weighted by molar-refractivity contribution is 0.337. The van der Waals surface area contributed by atoms with Crippen molar-refractivity contribution in [3.63, 3.8) is 0 Å². The van der Waals surface area contributed by atoms with Crippen LogP contribution in [0.1, 0.15) is 45.4 Å². The van der Waals surface area contributed by atoms with Crippen LogP contribution in [-0.2, 0) is 0 Å². The average Bonchev–Trinajstić information content (AvgIpc) is 2.26. The normalized spacial score (nSPS) is 20.3. The van der Waals surface area contributed by atoms with Gasteiger partial charge in [0.15, 0.2) is 0 Å². The molecule has 0 aliphatic heterocycles. The fraction of sp³-hybridized carbons (Fsp3) is 0.917. The van der Waals surface area contributed by atoms with Crippen molar-refractivity contribution >= 4 is 0 Å². The second-order valence-corrected chi connectivity index (χ2v) is 4.40. The van der Waals surface area contributed by atoms with Gasteiger partial charge >= 0.3 is 0 Å².